The first-order chi connectivity index (χ1) is 0. The third kappa shape index (κ3) is 8.82. The number of rotatable bonds is 0. The third-order valence-corrected chi connectivity index (χ3v) is 0. The van der Waals surface area contributed by atoms with Gasteiger partial charge < -0.3 is 17.1 Å². The Morgan fingerprint density at radius 2 is 1.00 bits per heavy atom. The van der Waals surface area contributed by atoms with Crippen molar-refractivity contribution >= 4 is 37.7 Å². The van der Waals surface area contributed by atoms with E-state index < -0.39 is 0 Å². The van der Waals surface area contributed by atoms with Crippen LogP contribution in [0.5, 0.6) is 0 Å². The summed E-state index contributed by atoms with van der Waals surface area (Å²) < 4.78 is 0. The van der Waals surface area contributed by atoms with E-state index in [2.05, 4.69) is 0 Å². The Morgan fingerprint density at radius 3 is 1.00 bits per heavy atom. The molecule has 0 amide bonds. The largest absolute Gasteiger partial charge is 2.00 e. The predicted octanol–water partition coefficient (Wildman–Crippen LogP) is -9.37. The number of hydrogen-bond donors (Lipinski definition) is 0. The van der Waals surface area contributed by atoms with Gasteiger partial charge in [0.05, 0.1) is 0 Å². The smallest absolute Gasteiger partial charge is 1.00 e. The fourth-order valence-corrected chi connectivity index (χ4v) is 0. The normalized spacial score (nSPS) is 0. The van der Waals surface area contributed by atoms with Gasteiger partial charge in [0.25, 0.3) is 0 Å². The summed E-state index contributed by atoms with van der Waals surface area (Å²) >= 11 is 0. The first-order valence-corrected chi connectivity index (χ1v) is 0. The Bertz CT molecular complexity index is 8.00. The van der Waals surface area contributed by atoms with Crippen molar-refractivity contribution in [2.75, 3.05) is 0 Å². The van der Waals surface area contributed by atoms with Crippen LogP contribution >= 0.6 is 0 Å². The summed E-state index contributed by atoms with van der Waals surface area (Å²) in [7, 11) is 0. The molecule has 0 aliphatic heterocycles. The Kier molecular flexibility index (Phi) is 141. The second-order valence-corrected chi connectivity index (χ2v) is 0. The van der Waals surface area contributed by atoms with Crippen LogP contribution in [0.25, 0.3) is 0 Å². The predicted molar refractivity (Wildman–Crippen MR) is 5.75 cm³/mol. The van der Waals surface area contributed by atoms with E-state index >= 15 is 0 Å². The molecular weight excluding hydrogens is 118 g/mol. The van der Waals surface area contributed by atoms with Gasteiger partial charge in [-0.15, -0.1) is 0 Å². The molecule has 0 aromatic carbocycles. The van der Waals surface area contributed by atoms with Crippen LogP contribution in [0.3, 0.4) is 0 Å². The zero-order valence-electron chi connectivity index (χ0n) is 2.46. The monoisotopic (exact) mass is 117 g/mol. The average molecular weight is 118 g/mol. The molecule has 16 valence electrons. The van der Waals surface area contributed by atoms with Crippen molar-refractivity contribution in [2.45, 2.75) is 0 Å². The summed E-state index contributed by atoms with van der Waals surface area (Å²) in [5.74, 6) is 0. The zero-order valence-corrected chi connectivity index (χ0v) is 7.43. The topological polar surface area (TPSA) is 0 Å². The van der Waals surface area contributed by atoms with Gasteiger partial charge in [-0.25, -0.2) is 0 Å². The van der Waals surface area contributed by atoms with Gasteiger partial charge in [-0.3, -0.25) is 0 Å². The van der Waals surface area contributed by atoms with Crippen LogP contribution in [0.1, 0.15) is 0 Å². The van der Waals surface area contributed by atoms with Crippen molar-refractivity contribution in [1.82, 2.24) is 0 Å². The van der Waals surface area contributed by atoms with E-state index in [0.717, 1.165) is 0 Å². The Labute approximate surface area is 82.8 Å². The van der Waals surface area contributed by atoms with E-state index in [1.165, 1.54) is 0 Å². The Hall–Kier alpha value is 2.48. The second kappa shape index (κ2) is 17.9. The molecule has 4 heteroatoms. The molecule has 0 saturated carbocycles. The SMILES string of the molecule is [Ca+2].[Cl-].[F-].[Na+]. The fourth-order valence-electron chi connectivity index (χ4n) is 0. The van der Waals surface area contributed by atoms with Crippen LogP contribution in [-0.4, -0.2) is 37.7 Å². The van der Waals surface area contributed by atoms with Crippen LogP contribution in [0.2, 0.25) is 0 Å². The first-order valence-electron chi connectivity index (χ1n) is 0. The van der Waals surface area contributed by atoms with Gasteiger partial charge >= 0.3 is 67.3 Å². The average Bonchev–Trinajstić information content (AvgIpc) is 0. The van der Waals surface area contributed by atoms with Gasteiger partial charge in [-0.05, 0) is 0 Å². The maximum Gasteiger partial charge on any atom is 2.00 e. The molecule has 0 aliphatic carbocycles. The second-order valence-electron chi connectivity index (χ2n) is 0. The molecule has 0 nitrogen and oxygen atoms in total. The van der Waals surface area contributed by atoms with E-state index in [4.69, 9.17) is 0 Å². The molecule has 0 aromatic heterocycles. The van der Waals surface area contributed by atoms with E-state index in [1.807, 2.05) is 0 Å². The zero-order chi connectivity index (χ0) is 0. The molecule has 0 N–H and O–H groups in total. The van der Waals surface area contributed by atoms with Crippen LogP contribution < -0.4 is 46.7 Å². The minimum absolute atomic E-state index is 0. The number of halogens is 2. The molecule has 0 atom stereocenters. The molecule has 0 saturated heterocycles. The van der Waals surface area contributed by atoms with E-state index in [9.17, 15) is 0 Å². The molecule has 0 aromatic rings. The Morgan fingerprint density at radius 1 is 1.00 bits per heavy atom. The van der Waals surface area contributed by atoms with Gasteiger partial charge in [-0.1, -0.05) is 0 Å². The van der Waals surface area contributed by atoms with Gasteiger partial charge in [0.15, 0.2) is 0 Å². The standard InChI is InChI=1S/Ca.ClH.FH.Na/h;2*1H;/q+2;;;+1/p-2. The molecule has 0 spiro atoms. The van der Waals surface area contributed by atoms with Gasteiger partial charge in [0.2, 0.25) is 0 Å². The van der Waals surface area contributed by atoms with Crippen molar-refractivity contribution in [3.05, 3.63) is 0 Å². The van der Waals surface area contributed by atoms with Crippen molar-refractivity contribution in [3.8, 4) is 0 Å². The van der Waals surface area contributed by atoms with Crippen LogP contribution in [0.15, 0.2) is 0 Å². The Balaban J connectivity index is 0. The minimum atomic E-state index is 0. The molecule has 0 aliphatic rings. The van der Waals surface area contributed by atoms with Gasteiger partial charge in [0, 0.05) is 0 Å². The van der Waals surface area contributed by atoms with E-state index in [0.29, 0.717) is 0 Å². The van der Waals surface area contributed by atoms with Crippen molar-refractivity contribution in [3.63, 3.8) is 0 Å². The van der Waals surface area contributed by atoms with Crippen LogP contribution in [0.4, 0.5) is 0 Å². The minimum Gasteiger partial charge on any atom is -1.00 e. The van der Waals surface area contributed by atoms with Crippen LogP contribution in [-0.2, 0) is 0 Å². The molecule has 0 fully saturated rings. The maximum atomic E-state index is 0. The van der Waals surface area contributed by atoms with Crippen LogP contribution in [0, 0.1) is 0 Å². The molecule has 4 heavy (non-hydrogen) atoms. The van der Waals surface area contributed by atoms with Gasteiger partial charge in [-0.2, -0.15) is 0 Å². The third-order valence-electron chi connectivity index (χ3n) is 0. The fraction of sp³-hybridized carbons (Fsp3) is 0. The molecular formula is CaClFNa+. The van der Waals surface area contributed by atoms with Crippen molar-refractivity contribution in [2.24, 2.45) is 0 Å². The molecule has 0 bridgehead atoms. The maximum absolute atomic E-state index is 0. The quantitative estimate of drug-likeness (QED) is 0.277. The first kappa shape index (κ1) is 31.6. The summed E-state index contributed by atoms with van der Waals surface area (Å²) in [5.41, 5.74) is 0. The molecule has 0 radical (unpaired) electrons. The summed E-state index contributed by atoms with van der Waals surface area (Å²) in [6.45, 7) is 0. The number of hydrogen-bond acceptors (Lipinski definition) is 0. The molecule has 0 heterocycles. The summed E-state index contributed by atoms with van der Waals surface area (Å²) in [6.07, 6.45) is 0. The van der Waals surface area contributed by atoms with E-state index in [-0.39, 0.29) is 84.4 Å². The summed E-state index contributed by atoms with van der Waals surface area (Å²) in [6, 6.07) is 0. The van der Waals surface area contributed by atoms with Crippen molar-refractivity contribution < 1.29 is 46.7 Å². The molecule has 0 unspecified atom stereocenters. The van der Waals surface area contributed by atoms with Gasteiger partial charge in [0.1, 0.15) is 0 Å². The summed E-state index contributed by atoms with van der Waals surface area (Å²) in [4.78, 5) is 0. The van der Waals surface area contributed by atoms with E-state index in [1.54, 1.807) is 0 Å². The summed E-state index contributed by atoms with van der Waals surface area (Å²) in [5, 5.41) is 0. The van der Waals surface area contributed by atoms with Crippen molar-refractivity contribution in [1.29, 1.82) is 0 Å². The molecule has 0 rings (SSSR count).